The number of carbonyl (C=O) groups is 1. The maximum absolute atomic E-state index is 12.3. The number of hydrogen-bond donors (Lipinski definition) is 0. The fraction of sp³-hybridized carbons (Fsp3) is 0.316. The predicted molar refractivity (Wildman–Crippen MR) is 90.9 cm³/mol. The minimum absolute atomic E-state index is 0.0224. The highest BCUT2D eigenvalue weighted by Gasteiger charge is 2.12. The largest absolute Gasteiger partial charge is 0.496 e. The van der Waals surface area contributed by atoms with Gasteiger partial charge < -0.3 is 14.4 Å². The average molecular weight is 313 g/mol. The molecule has 0 atom stereocenters. The molecule has 0 aliphatic rings. The first kappa shape index (κ1) is 16.9. The first-order valence-electron chi connectivity index (χ1n) is 7.56. The molecule has 0 saturated carbocycles. The Labute approximate surface area is 137 Å². The van der Waals surface area contributed by atoms with E-state index in [0.29, 0.717) is 6.54 Å². The Morgan fingerprint density at radius 3 is 2.39 bits per heavy atom. The number of carbonyl (C=O) groups excluding carboxylic acids is 1. The van der Waals surface area contributed by atoms with Crippen LogP contribution in [0.25, 0.3) is 0 Å². The molecule has 2 aromatic carbocycles. The van der Waals surface area contributed by atoms with E-state index in [0.717, 1.165) is 28.2 Å². The summed E-state index contributed by atoms with van der Waals surface area (Å²) in [5, 5.41) is 0. The molecule has 0 fully saturated rings. The van der Waals surface area contributed by atoms with Gasteiger partial charge in [0.15, 0.2) is 6.61 Å². The molecule has 0 N–H and O–H groups in total. The molecule has 1 amide bonds. The van der Waals surface area contributed by atoms with Crippen LogP contribution in [0, 0.1) is 13.8 Å². The number of rotatable bonds is 6. The Kier molecular flexibility index (Phi) is 5.63. The summed E-state index contributed by atoms with van der Waals surface area (Å²) in [7, 11) is 3.39. The van der Waals surface area contributed by atoms with E-state index in [1.807, 2.05) is 50.2 Å². The molecule has 122 valence electrons. The molecule has 0 radical (unpaired) electrons. The fourth-order valence-electron chi connectivity index (χ4n) is 2.45. The molecule has 0 aliphatic carbocycles. The lowest BCUT2D eigenvalue weighted by Crippen LogP contribution is -2.31. The van der Waals surface area contributed by atoms with Crippen molar-refractivity contribution < 1.29 is 14.3 Å². The third kappa shape index (κ3) is 4.74. The van der Waals surface area contributed by atoms with Crippen molar-refractivity contribution >= 4 is 5.91 Å². The van der Waals surface area contributed by atoms with Gasteiger partial charge in [-0.3, -0.25) is 4.79 Å². The molecule has 0 bridgehead atoms. The molecule has 2 aromatic rings. The predicted octanol–water partition coefficient (Wildman–Crippen LogP) is 3.35. The van der Waals surface area contributed by atoms with Crippen molar-refractivity contribution in [3.05, 3.63) is 59.2 Å². The summed E-state index contributed by atoms with van der Waals surface area (Å²) in [4.78, 5) is 13.9. The van der Waals surface area contributed by atoms with E-state index in [-0.39, 0.29) is 12.5 Å². The second-order valence-corrected chi connectivity index (χ2v) is 5.67. The lowest BCUT2D eigenvalue weighted by molar-refractivity contribution is -0.132. The van der Waals surface area contributed by atoms with Crippen LogP contribution in [-0.2, 0) is 11.3 Å². The van der Waals surface area contributed by atoms with Gasteiger partial charge in [0.1, 0.15) is 11.5 Å². The smallest absolute Gasteiger partial charge is 0.260 e. The molecular weight excluding hydrogens is 290 g/mol. The monoisotopic (exact) mass is 313 g/mol. The van der Waals surface area contributed by atoms with E-state index in [2.05, 4.69) is 6.07 Å². The Hall–Kier alpha value is -2.49. The molecule has 0 spiro atoms. The van der Waals surface area contributed by atoms with Crippen LogP contribution < -0.4 is 9.47 Å². The number of ether oxygens (including phenoxy) is 2. The number of aryl methyl sites for hydroxylation is 2. The van der Waals surface area contributed by atoms with Crippen molar-refractivity contribution in [2.75, 3.05) is 20.8 Å². The molecule has 0 saturated heterocycles. The summed E-state index contributed by atoms with van der Waals surface area (Å²) in [5.74, 6) is 1.43. The molecule has 0 heterocycles. The number of hydrogen-bond acceptors (Lipinski definition) is 3. The van der Waals surface area contributed by atoms with Crippen LogP contribution in [0.15, 0.2) is 42.5 Å². The highest BCUT2D eigenvalue weighted by molar-refractivity contribution is 5.77. The maximum Gasteiger partial charge on any atom is 0.260 e. The second kappa shape index (κ2) is 7.68. The van der Waals surface area contributed by atoms with Crippen molar-refractivity contribution in [1.82, 2.24) is 4.90 Å². The Bertz CT molecular complexity index is 662. The summed E-state index contributed by atoms with van der Waals surface area (Å²) < 4.78 is 10.9. The number of nitrogens with zero attached hydrogens (tertiary/aromatic N) is 1. The minimum atomic E-state index is -0.0740. The van der Waals surface area contributed by atoms with E-state index < -0.39 is 0 Å². The van der Waals surface area contributed by atoms with Gasteiger partial charge in [-0.2, -0.15) is 0 Å². The number of likely N-dealkylation sites (N-methyl/N-ethyl adjacent to an activating group) is 1. The Morgan fingerprint density at radius 1 is 1.09 bits per heavy atom. The maximum atomic E-state index is 12.3. The van der Waals surface area contributed by atoms with Gasteiger partial charge >= 0.3 is 0 Å². The molecule has 0 aliphatic heterocycles. The highest BCUT2D eigenvalue weighted by Crippen LogP contribution is 2.19. The Balaban J connectivity index is 1.94. The van der Waals surface area contributed by atoms with Gasteiger partial charge in [-0.05, 0) is 43.2 Å². The minimum Gasteiger partial charge on any atom is -0.496 e. The van der Waals surface area contributed by atoms with Crippen molar-refractivity contribution in [1.29, 1.82) is 0 Å². The number of amides is 1. The molecule has 2 rings (SSSR count). The fourth-order valence-corrected chi connectivity index (χ4v) is 2.45. The molecule has 23 heavy (non-hydrogen) atoms. The number of methoxy groups -OCH3 is 1. The van der Waals surface area contributed by atoms with Crippen LogP contribution in [0.1, 0.15) is 16.7 Å². The molecule has 0 aromatic heterocycles. The van der Waals surface area contributed by atoms with Crippen molar-refractivity contribution in [3.63, 3.8) is 0 Å². The number of para-hydroxylation sites is 1. The lowest BCUT2D eigenvalue weighted by Gasteiger charge is -2.19. The third-order valence-corrected chi connectivity index (χ3v) is 3.58. The standard InChI is InChI=1S/C19H23NO3/c1-14-9-15(2)11-17(10-14)23-13-19(21)20(3)12-16-7-5-6-8-18(16)22-4/h5-11H,12-13H2,1-4H3. The SMILES string of the molecule is COc1ccccc1CN(C)C(=O)COc1cc(C)cc(C)c1. The van der Waals surface area contributed by atoms with E-state index in [1.54, 1.807) is 19.1 Å². The van der Waals surface area contributed by atoms with Gasteiger partial charge in [0.2, 0.25) is 0 Å². The van der Waals surface area contributed by atoms with Gasteiger partial charge in [-0.15, -0.1) is 0 Å². The summed E-state index contributed by atoms with van der Waals surface area (Å²) in [5.41, 5.74) is 3.21. The zero-order valence-electron chi connectivity index (χ0n) is 14.1. The van der Waals surface area contributed by atoms with Gasteiger partial charge in [-0.25, -0.2) is 0 Å². The topological polar surface area (TPSA) is 38.8 Å². The molecule has 4 nitrogen and oxygen atoms in total. The van der Waals surface area contributed by atoms with Crippen LogP contribution in [-0.4, -0.2) is 31.6 Å². The van der Waals surface area contributed by atoms with E-state index in [9.17, 15) is 4.79 Å². The van der Waals surface area contributed by atoms with Crippen LogP contribution in [0.5, 0.6) is 11.5 Å². The van der Waals surface area contributed by atoms with E-state index in [4.69, 9.17) is 9.47 Å². The zero-order valence-corrected chi connectivity index (χ0v) is 14.1. The third-order valence-electron chi connectivity index (χ3n) is 3.58. The van der Waals surface area contributed by atoms with Crippen LogP contribution in [0.4, 0.5) is 0 Å². The first-order chi connectivity index (χ1) is 11.0. The lowest BCUT2D eigenvalue weighted by atomic mass is 10.1. The van der Waals surface area contributed by atoms with E-state index in [1.165, 1.54) is 0 Å². The van der Waals surface area contributed by atoms with Crippen molar-refractivity contribution in [2.45, 2.75) is 20.4 Å². The summed E-state index contributed by atoms with van der Waals surface area (Å²) in [6.07, 6.45) is 0. The van der Waals surface area contributed by atoms with Crippen molar-refractivity contribution in [2.24, 2.45) is 0 Å². The van der Waals surface area contributed by atoms with Gasteiger partial charge in [0.25, 0.3) is 5.91 Å². The van der Waals surface area contributed by atoms with Crippen molar-refractivity contribution in [3.8, 4) is 11.5 Å². The van der Waals surface area contributed by atoms with Gasteiger partial charge in [0.05, 0.1) is 7.11 Å². The van der Waals surface area contributed by atoms with Crippen LogP contribution in [0.2, 0.25) is 0 Å². The molecular formula is C19H23NO3. The van der Waals surface area contributed by atoms with Crippen LogP contribution >= 0.6 is 0 Å². The average Bonchev–Trinajstić information content (AvgIpc) is 2.52. The molecule has 4 heteroatoms. The quantitative estimate of drug-likeness (QED) is 0.821. The normalized spacial score (nSPS) is 10.3. The molecule has 0 unspecified atom stereocenters. The van der Waals surface area contributed by atoms with Gasteiger partial charge in [-0.1, -0.05) is 24.3 Å². The van der Waals surface area contributed by atoms with E-state index >= 15 is 0 Å². The summed E-state index contributed by atoms with van der Waals surface area (Å²) in [6, 6.07) is 13.6. The first-order valence-corrected chi connectivity index (χ1v) is 7.56. The second-order valence-electron chi connectivity index (χ2n) is 5.67. The highest BCUT2D eigenvalue weighted by atomic mass is 16.5. The zero-order chi connectivity index (χ0) is 16.8. The Morgan fingerprint density at radius 2 is 1.74 bits per heavy atom. The van der Waals surface area contributed by atoms with Crippen LogP contribution in [0.3, 0.4) is 0 Å². The van der Waals surface area contributed by atoms with Gasteiger partial charge in [0, 0.05) is 19.2 Å². The number of benzene rings is 2. The summed E-state index contributed by atoms with van der Waals surface area (Å²) in [6.45, 7) is 4.53. The summed E-state index contributed by atoms with van der Waals surface area (Å²) >= 11 is 0.